The van der Waals surface area contributed by atoms with E-state index in [-0.39, 0.29) is 36.0 Å². The second-order valence-electron chi connectivity index (χ2n) is 8.79. The third-order valence-corrected chi connectivity index (χ3v) is 6.47. The summed E-state index contributed by atoms with van der Waals surface area (Å²) < 4.78 is 61.0. The lowest BCUT2D eigenvalue weighted by Crippen LogP contribution is -2.26. The molecule has 0 N–H and O–H groups in total. The van der Waals surface area contributed by atoms with Crippen LogP contribution in [0, 0.1) is 0 Å². The largest absolute Gasteiger partial charge is 0.573 e. The van der Waals surface area contributed by atoms with Crippen LogP contribution in [0.1, 0.15) is 60.1 Å². The number of methoxy groups -OCH3 is 1. The fourth-order valence-corrected chi connectivity index (χ4v) is 4.64. The van der Waals surface area contributed by atoms with Crippen molar-refractivity contribution < 1.29 is 36.9 Å². The van der Waals surface area contributed by atoms with Crippen LogP contribution in [-0.2, 0) is 11.3 Å². The Kier molecular flexibility index (Phi) is 8.65. The molecule has 1 aliphatic carbocycles. The molecule has 1 heterocycles. The number of benzene rings is 2. The van der Waals surface area contributed by atoms with Gasteiger partial charge in [0.2, 0.25) is 11.6 Å². The third-order valence-electron chi connectivity index (χ3n) is 6.24. The molecule has 0 unspecified atom stereocenters. The lowest BCUT2D eigenvalue weighted by atomic mass is 9.82. The summed E-state index contributed by atoms with van der Waals surface area (Å²) in [6.45, 7) is 2.15. The van der Waals surface area contributed by atoms with E-state index in [1.54, 1.807) is 14.0 Å². The number of halogens is 4. The van der Waals surface area contributed by atoms with Gasteiger partial charge in [-0.05, 0) is 80.0 Å². The average molecular weight is 554 g/mol. The van der Waals surface area contributed by atoms with E-state index < -0.39 is 12.3 Å². The highest BCUT2D eigenvalue weighted by molar-refractivity contribution is 6.30. The Hall–Kier alpha value is -3.47. The van der Waals surface area contributed by atoms with Crippen molar-refractivity contribution in [1.82, 2.24) is 15.0 Å². The molecule has 0 radical (unpaired) electrons. The Morgan fingerprint density at radius 3 is 2.45 bits per heavy atom. The normalized spacial score (nSPS) is 17.6. The fraction of sp³-hybridized carbons (Fsp3) is 0.423. The van der Waals surface area contributed by atoms with Gasteiger partial charge in [0.05, 0.1) is 20.3 Å². The second-order valence-corrected chi connectivity index (χ2v) is 9.23. The fourth-order valence-electron chi connectivity index (χ4n) is 4.46. The van der Waals surface area contributed by atoms with E-state index in [2.05, 4.69) is 15.0 Å². The van der Waals surface area contributed by atoms with E-state index in [0.29, 0.717) is 48.6 Å². The van der Waals surface area contributed by atoms with E-state index in [1.807, 2.05) is 24.3 Å². The number of hydrogen-bond acceptors (Lipinski definition) is 7. The maximum Gasteiger partial charge on any atom is 0.573 e. The van der Waals surface area contributed by atoms with Crippen molar-refractivity contribution in [3.8, 4) is 17.4 Å². The van der Waals surface area contributed by atoms with Gasteiger partial charge in [0, 0.05) is 5.02 Å². The van der Waals surface area contributed by atoms with Gasteiger partial charge >= 0.3 is 12.3 Å². The molecule has 0 spiro atoms. The molecule has 0 aliphatic heterocycles. The maximum atomic E-state index is 12.9. The molecule has 3 aromatic rings. The van der Waals surface area contributed by atoms with Crippen molar-refractivity contribution in [2.24, 2.45) is 0 Å². The van der Waals surface area contributed by atoms with E-state index in [4.69, 9.17) is 25.8 Å². The number of rotatable bonds is 9. The van der Waals surface area contributed by atoms with Crippen LogP contribution in [0.15, 0.2) is 42.5 Å². The van der Waals surface area contributed by atoms with Gasteiger partial charge in [0.15, 0.2) is 0 Å². The summed E-state index contributed by atoms with van der Waals surface area (Å²) in [5.41, 5.74) is 1.27. The minimum Gasteiger partial charge on any atom is -0.497 e. The molecule has 1 aromatic heterocycles. The Bertz CT molecular complexity index is 1240. The van der Waals surface area contributed by atoms with E-state index >= 15 is 0 Å². The maximum absolute atomic E-state index is 12.9. The average Bonchev–Trinajstić information content (AvgIpc) is 3.27. The Labute approximate surface area is 222 Å². The standard InChI is InChI=1S/C26H27ClF3N3O5/c1-3-36-25(34)23-24(33(32-31-23)15-16-4-9-19(35-2)10-5-16)37-20-11-6-17(7-12-20)21-14-18(27)8-13-22(21)38-26(28,29)30/h4-5,8-10,13-14,17,20H,3,6-7,11-12,15H2,1-2H3/t17-,20-. The van der Waals surface area contributed by atoms with Crippen LogP contribution in [0.3, 0.4) is 0 Å². The SMILES string of the molecule is CCOC(=O)c1nnn(Cc2ccc(OC)cc2)c1O[C@H]1CC[C@H](c2cc(Cl)ccc2OC(F)(F)F)CC1. The highest BCUT2D eigenvalue weighted by atomic mass is 35.5. The first-order chi connectivity index (χ1) is 18.2. The molecule has 2 aromatic carbocycles. The lowest BCUT2D eigenvalue weighted by molar-refractivity contribution is -0.275. The molecule has 4 rings (SSSR count). The first kappa shape index (κ1) is 27.6. The van der Waals surface area contributed by atoms with Crippen molar-refractivity contribution in [1.29, 1.82) is 0 Å². The van der Waals surface area contributed by atoms with Crippen LogP contribution in [0.5, 0.6) is 17.4 Å². The summed E-state index contributed by atoms with van der Waals surface area (Å²) >= 11 is 6.08. The Morgan fingerprint density at radius 1 is 1.11 bits per heavy atom. The molecule has 0 saturated heterocycles. The molecule has 1 fully saturated rings. The molecule has 38 heavy (non-hydrogen) atoms. The van der Waals surface area contributed by atoms with E-state index in [1.165, 1.54) is 22.9 Å². The molecule has 1 saturated carbocycles. The van der Waals surface area contributed by atoms with Gasteiger partial charge in [0.1, 0.15) is 17.6 Å². The van der Waals surface area contributed by atoms with Gasteiger partial charge in [-0.15, -0.1) is 18.3 Å². The van der Waals surface area contributed by atoms with Crippen LogP contribution in [0.2, 0.25) is 5.02 Å². The summed E-state index contributed by atoms with van der Waals surface area (Å²) in [7, 11) is 1.58. The number of esters is 1. The Balaban J connectivity index is 1.50. The molecule has 0 amide bonds. The molecule has 0 atom stereocenters. The van der Waals surface area contributed by atoms with E-state index in [9.17, 15) is 18.0 Å². The van der Waals surface area contributed by atoms with Crippen LogP contribution in [0.4, 0.5) is 13.2 Å². The summed E-state index contributed by atoms with van der Waals surface area (Å²) in [5.74, 6) is -0.205. The highest BCUT2D eigenvalue weighted by Gasteiger charge is 2.35. The summed E-state index contributed by atoms with van der Waals surface area (Å²) in [6, 6.07) is 11.5. The van der Waals surface area contributed by atoms with Crippen LogP contribution in [-0.4, -0.2) is 47.1 Å². The number of alkyl halides is 3. The number of aromatic nitrogens is 3. The number of ether oxygens (including phenoxy) is 4. The van der Waals surface area contributed by atoms with Gasteiger partial charge in [0.25, 0.3) is 0 Å². The molecule has 0 bridgehead atoms. The number of carbonyl (C=O) groups is 1. The summed E-state index contributed by atoms with van der Waals surface area (Å²) in [6.07, 6.45) is -2.99. The van der Waals surface area contributed by atoms with Gasteiger partial charge in [-0.25, -0.2) is 9.48 Å². The highest BCUT2D eigenvalue weighted by Crippen LogP contribution is 2.41. The monoisotopic (exact) mass is 553 g/mol. The minimum atomic E-state index is -4.80. The van der Waals surface area contributed by atoms with Gasteiger partial charge < -0.3 is 18.9 Å². The third kappa shape index (κ3) is 6.89. The lowest BCUT2D eigenvalue weighted by Gasteiger charge is -2.30. The molecule has 204 valence electrons. The number of hydrogen-bond donors (Lipinski definition) is 0. The summed E-state index contributed by atoms with van der Waals surface area (Å²) in [5, 5.41) is 8.45. The zero-order valence-electron chi connectivity index (χ0n) is 20.8. The predicted molar refractivity (Wildman–Crippen MR) is 132 cm³/mol. The molecular weight excluding hydrogens is 527 g/mol. The van der Waals surface area contributed by atoms with Crippen molar-refractivity contribution in [3.05, 3.63) is 64.3 Å². The molecule has 12 heteroatoms. The van der Waals surface area contributed by atoms with Crippen molar-refractivity contribution in [3.63, 3.8) is 0 Å². The number of carbonyl (C=O) groups excluding carboxylic acids is 1. The summed E-state index contributed by atoms with van der Waals surface area (Å²) in [4.78, 5) is 12.5. The van der Waals surface area contributed by atoms with Crippen LogP contribution >= 0.6 is 11.6 Å². The zero-order chi connectivity index (χ0) is 27.3. The first-order valence-electron chi connectivity index (χ1n) is 12.1. The van der Waals surface area contributed by atoms with Crippen molar-refractivity contribution >= 4 is 17.6 Å². The van der Waals surface area contributed by atoms with Crippen LogP contribution in [0.25, 0.3) is 0 Å². The number of nitrogens with zero attached hydrogens (tertiary/aromatic N) is 3. The Morgan fingerprint density at radius 2 is 1.82 bits per heavy atom. The van der Waals surface area contributed by atoms with Crippen molar-refractivity contribution in [2.45, 2.75) is 57.5 Å². The van der Waals surface area contributed by atoms with E-state index in [0.717, 1.165) is 5.56 Å². The topological polar surface area (TPSA) is 84.7 Å². The first-order valence-corrected chi connectivity index (χ1v) is 12.5. The molecular formula is C26H27ClF3N3O5. The second kappa shape index (κ2) is 11.9. The quantitative estimate of drug-likeness (QED) is 0.293. The minimum absolute atomic E-state index is 0.0295. The zero-order valence-corrected chi connectivity index (χ0v) is 21.6. The van der Waals surface area contributed by atoms with Gasteiger partial charge in [-0.1, -0.05) is 28.9 Å². The van der Waals surface area contributed by atoms with Gasteiger partial charge in [-0.2, -0.15) is 0 Å². The van der Waals surface area contributed by atoms with Crippen molar-refractivity contribution in [2.75, 3.05) is 13.7 Å². The smallest absolute Gasteiger partial charge is 0.497 e. The molecule has 1 aliphatic rings. The predicted octanol–water partition coefficient (Wildman–Crippen LogP) is 6.17. The molecule has 8 nitrogen and oxygen atoms in total. The van der Waals surface area contributed by atoms with Crippen LogP contribution < -0.4 is 14.2 Å². The van der Waals surface area contributed by atoms with Gasteiger partial charge in [-0.3, -0.25) is 0 Å².